The Hall–Kier alpha value is -3.60. The number of nitrogens with two attached hydrogens (primary N) is 1. The van der Waals surface area contributed by atoms with Crippen molar-refractivity contribution in [2.24, 2.45) is 5.73 Å². The minimum Gasteiger partial charge on any atom is -0.481 e. The topological polar surface area (TPSA) is 81.4 Å². The molecule has 0 aliphatic rings. The van der Waals surface area contributed by atoms with Gasteiger partial charge in [0.05, 0.1) is 11.3 Å². The van der Waals surface area contributed by atoms with Crippen molar-refractivity contribution >= 4 is 17.5 Å². The van der Waals surface area contributed by atoms with Crippen LogP contribution in [0.4, 0.5) is 5.69 Å². The first-order valence-corrected chi connectivity index (χ1v) is 8.98. The van der Waals surface area contributed by atoms with Crippen LogP contribution in [0.15, 0.2) is 72.8 Å². The second-order valence-corrected chi connectivity index (χ2v) is 6.50. The van der Waals surface area contributed by atoms with E-state index in [2.05, 4.69) is 5.32 Å². The number of amides is 2. The van der Waals surface area contributed by atoms with Crippen LogP contribution in [0.25, 0.3) is 11.1 Å². The normalized spacial score (nSPS) is 11.5. The Morgan fingerprint density at radius 3 is 2.18 bits per heavy atom. The molecule has 0 aliphatic carbocycles. The van der Waals surface area contributed by atoms with E-state index in [1.807, 2.05) is 54.6 Å². The van der Waals surface area contributed by atoms with Crippen molar-refractivity contribution in [3.8, 4) is 16.9 Å². The summed E-state index contributed by atoms with van der Waals surface area (Å²) in [7, 11) is 0. The molecule has 3 aromatic carbocycles. The lowest BCUT2D eigenvalue weighted by Gasteiger charge is -2.17. The van der Waals surface area contributed by atoms with Gasteiger partial charge in [-0.3, -0.25) is 9.59 Å². The molecule has 0 saturated carbocycles. The number of aryl methyl sites for hydroxylation is 1. The Kier molecular flexibility index (Phi) is 5.75. The molecule has 0 heterocycles. The molecule has 5 heteroatoms. The fraction of sp³-hybridized carbons (Fsp3) is 0.130. The highest BCUT2D eigenvalue weighted by molar-refractivity contribution is 6.05. The number of hydrogen-bond acceptors (Lipinski definition) is 3. The number of hydrogen-bond donors (Lipinski definition) is 2. The summed E-state index contributed by atoms with van der Waals surface area (Å²) in [4.78, 5) is 24.2. The van der Waals surface area contributed by atoms with Crippen molar-refractivity contribution in [2.45, 2.75) is 20.0 Å². The van der Waals surface area contributed by atoms with Gasteiger partial charge in [0.2, 0.25) is 0 Å². The minimum atomic E-state index is -0.746. The zero-order valence-corrected chi connectivity index (χ0v) is 15.8. The van der Waals surface area contributed by atoms with Crippen LogP contribution in [-0.4, -0.2) is 17.9 Å². The van der Waals surface area contributed by atoms with Crippen LogP contribution in [-0.2, 0) is 4.79 Å². The third-order valence-electron chi connectivity index (χ3n) is 4.42. The highest BCUT2D eigenvalue weighted by Crippen LogP contribution is 2.23. The second kappa shape index (κ2) is 8.39. The molecular formula is C23H22N2O3. The van der Waals surface area contributed by atoms with E-state index >= 15 is 0 Å². The fourth-order valence-corrected chi connectivity index (χ4v) is 2.95. The molecule has 1 unspecified atom stereocenters. The number of ether oxygens (including phenoxy) is 1. The first kappa shape index (κ1) is 19.2. The Morgan fingerprint density at radius 2 is 1.54 bits per heavy atom. The van der Waals surface area contributed by atoms with E-state index in [9.17, 15) is 9.59 Å². The molecule has 0 radical (unpaired) electrons. The van der Waals surface area contributed by atoms with Gasteiger partial charge in [-0.25, -0.2) is 0 Å². The van der Waals surface area contributed by atoms with Crippen molar-refractivity contribution in [3.05, 3.63) is 83.9 Å². The van der Waals surface area contributed by atoms with Gasteiger partial charge in [-0.05, 0) is 48.7 Å². The van der Waals surface area contributed by atoms with E-state index in [4.69, 9.17) is 10.5 Å². The zero-order chi connectivity index (χ0) is 20.1. The molecule has 3 aromatic rings. The smallest absolute Gasteiger partial charge is 0.265 e. The van der Waals surface area contributed by atoms with Gasteiger partial charge < -0.3 is 15.8 Å². The standard InChI is InChI=1S/C23H22N2O3/c1-15-7-6-10-20(21(15)22(24)26)25-23(27)16(2)28-19-13-11-18(12-14-19)17-8-4-3-5-9-17/h3-14,16H,1-2H3,(H2,24,26)(H,25,27). The van der Waals surface area contributed by atoms with Crippen LogP contribution < -0.4 is 15.8 Å². The predicted octanol–water partition coefficient (Wildman–Crippen LogP) is 4.17. The lowest BCUT2D eigenvalue weighted by atomic mass is 10.1. The Morgan fingerprint density at radius 1 is 0.893 bits per heavy atom. The van der Waals surface area contributed by atoms with Gasteiger partial charge in [-0.15, -0.1) is 0 Å². The van der Waals surface area contributed by atoms with E-state index in [1.165, 1.54) is 0 Å². The summed E-state index contributed by atoms with van der Waals surface area (Å²) in [5, 5.41) is 2.73. The summed E-state index contributed by atoms with van der Waals surface area (Å²) >= 11 is 0. The van der Waals surface area contributed by atoms with Crippen molar-refractivity contribution in [3.63, 3.8) is 0 Å². The quantitative estimate of drug-likeness (QED) is 0.679. The summed E-state index contributed by atoms with van der Waals surface area (Å²) in [6.45, 7) is 3.42. The molecule has 28 heavy (non-hydrogen) atoms. The van der Waals surface area contributed by atoms with Gasteiger partial charge in [-0.2, -0.15) is 0 Å². The van der Waals surface area contributed by atoms with E-state index in [1.54, 1.807) is 32.0 Å². The molecule has 142 valence electrons. The first-order chi connectivity index (χ1) is 13.5. The molecule has 1 atom stereocenters. The lowest BCUT2D eigenvalue weighted by Crippen LogP contribution is -2.31. The molecule has 0 saturated heterocycles. The van der Waals surface area contributed by atoms with Crippen LogP contribution in [0, 0.1) is 6.92 Å². The Labute approximate surface area is 164 Å². The van der Waals surface area contributed by atoms with Crippen LogP contribution in [0.1, 0.15) is 22.8 Å². The third kappa shape index (κ3) is 4.38. The average Bonchev–Trinajstić information content (AvgIpc) is 2.69. The summed E-state index contributed by atoms with van der Waals surface area (Å²) < 4.78 is 5.74. The Bertz CT molecular complexity index is 982. The summed E-state index contributed by atoms with van der Waals surface area (Å²) in [5.74, 6) is -0.361. The van der Waals surface area contributed by atoms with Crippen LogP contribution >= 0.6 is 0 Å². The minimum absolute atomic E-state index is 0.301. The summed E-state index contributed by atoms with van der Waals surface area (Å²) in [6, 6.07) is 22.7. The summed E-state index contributed by atoms with van der Waals surface area (Å²) in [6.07, 6.45) is -0.746. The third-order valence-corrected chi connectivity index (χ3v) is 4.42. The van der Waals surface area contributed by atoms with E-state index in [0.29, 0.717) is 22.6 Å². The molecule has 0 aromatic heterocycles. The first-order valence-electron chi connectivity index (χ1n) is 8.98. The van der Waals surface area contributed by atoms with Crippen molar-refractivity contribution in [1.29, 1.82) is 0 Å². The van der Waals surface area contributed by atoms with Gasteiger partial charge in [0, 0.05) is 0 Å². The molecule has 3 rings (SSSR count). The SMILES string of the molecule is Cc1cccc(NC(=O)C(C)Oc2ccc(-c3ccccc3)cc2)c1C(N)=O. The highest BCUT2D eigenvalue weighted by Gasteiger charge is 2.18. The maximum atomic E-state index is 12.5. The van der Waals surface area contributed by atoms with E-state index in [0.717, 1.165) is 11.1 Å². The number of primary amides is 1. The molecule has 2 amide bonds. The number of carbonyl (C=O) groups excluding carboxylic acids is 2. The maximum Gasteiger partial charge on any atom is 0.265 e. The monoisotopic (exact) mass is 374 g/mol. The van der Waals surface area contributed by atoms with Crippen LogP contribution in [0.3, 0.4) is 0 Å². The van der Waals surface area contributed by atoms with E-state index < -0.39 is 12.0 Å². The maximum absolute atomic E-state index is 12.5. The molecule has 0 bridgehead atoms. The Balaban J connectivity index is 1.68. The summed E-state index contributed by atoms with van der Waals surface area (Å²) in [5.41, 5.74) is 8.99. The second-order valence-electron chi connectivity index (χ2n) is 6.50. The number of benzene rings is 3. The molecule has 0 spiro atoms. The van der Waals surface area contributed by atoms with Crippen molar-refractivity contribution < 1.29 is 14.3 Å². The van der Waals surface area contributed by atoms with Gasteiger partial charge >= 0.3 is 0 Å². The molecule has 5 nitrogen and oxygen atoms in total. The number of anilines is 1. The highest BCUT2D eigenvalue weighted by atomic mass is 16.5. The van der Waals surface area contributed by atoms with Crippen LogP contribution in [0.5, 0.6) is 5.75 Å². The largest absolute Gasteiger partial charge is 0.481 e. The van der Waals surface area contributed by atoms with Gasteiger partial charge in [-0.1, -0.05) is 54.6 Å². The van der Waals surface area contributed by atoms with Gasteiger partial charge in [0.25, 0.3) is 11.8 Å². The predicted molar refractivity (Wildman–Crippen MR) is 110 cm³/mol. The van der Waals surface area contributed by atoms with Gasteiger partial charge in [0.15, 0.2) is 6.10 Å². The fourth-order valence-electron chi connectivity index (χ4n) is 2.95. The molecular weight excluding hydrogens is 352 g/mol. The van der Waals surface area contributed by atoms with Crippen LogP contribution in [0.2, 0.25) is 0 Å². The zero-order valence-electron chi connectivity index (χ0n) is 15.8. The number of carbonyl (C=O) groups is 2. The average molecular weight is 374 g/mol. The van der Waals surface area contributed by atoms with Crippen molar-refractivity contribution in [2.75, 3.05) is 5.32 Å². The number of rotatable bonds is 6. The van der Waals surface area contributed by atoms with E-state index in [-0.39, 0.29) is 5.91 Å². The number of nitrogens with one attached hydrogen (secondary N) is 1. The lowest BCUT2D eigenvalue weighted by molar-refractivity contribution is -0.122. The van der Waals surface area contributed by atoms with Gasteiger partial charge in [0.1, 0.15) is 5.75 Å². The molecule has 0 aliphatic heterocycles. The van der Waals surface area contributed by atoms with Crippen molar-refractivity contribution in [1.82, 2.24) is 0 Å². The molecule has 3 N–H and O–H groups in total. The molecule has 0 fully saturated rings.